The van der Waals surface area contributed by atoms with Crippen molar-refractivity contribution < 1.29 is 9.53 Å². The van der Waals surface area contributed by atoms with E-state index < -0.39 is 0 Å². The number of rotatable bonds is 8. The zero-order chi connectivity index (χ0) is 19.2. The molecule has 2 aromatic rings. The number of hydrogen-bond acceptors (Lipinski definition) is 3. The first-order chi connectivity index (χ1) is 13.1. The maximum absolute atomic E-state index is 13.0. The minimum Gasteiger partial charge on any atom is -0.494 e. The Morgan fingerprint density at radius 3 is 2.48 bits per heavy atom. The van der Waals surface area contributed by atoms with Crippen LogP contribution >= 0.6 is 0 Å². The molecule has 4 heteroatoms. The summed E-state index contributed by atoms with van der Waals surface area (Å²) < 4.78 is 5.85. The van der Waals surface area contributed by atoms with E-state index in [-0.39, 0.29) is 18.1 Å². The summed E-state index contributed by atoms with van der Waals surface area (Å²) in [6.07, 6.45) is 4.62. The zero-order valence-corrected chi connectivity index (χ0v) is 16.6. The van der Waals surface area contributed by atoms with Gasteiger partial charge in [0.15, 0.2) is 0 Å². The van der Waals surface area contributed by atoms with Crippen LogP contribution in [0.4, 0.5) is 5.69 Å². The second-order valence-electron chi connectivity index (χ2n) is 7.38. The Labute approximate surface area is 162 Å². The van der Waals surface area contributed by atoms with Gasteiger partial charge in [0, 0.05) is 11.7 Å². The van der Waals surface area contributed by atoms with Gasteiger partial charge in [-0.3, -0.25) is 4.79 Å². The highest BCUT2D eigenvalue weighted by Crippen LogP contribution is 2.34. The second-order valence-corrected chi connectivity index (χ2v) is 7.38. The molecule has 1 unspecified atom stereocenters. The molecule has 0 fully saturated rings. The molecule has 2 aromatic carbocycles. The normalized spacial score (nSPS) is 16.2. The second kappa shape index (κ2) is 8.94. The maximum Gasteiger partial charge on any atom is 0.258 e. The monoisotopic (exact) mass is 366 g/mol. The van der Waals surface area contributed by atoms with Crippen molar-refractivity contribution in [2.45, 2.75) is 58.7 Å². The molecule has 1 N–H and O–H groups in total. The number of hydrogen-bond donors (Lipinski definition) is 1. The van der Waals surface area contributed by atoms with Crippen LogP contribution in [-0.2, 0) is 0 Å². The lowest BCUT2D eigenvalue weighted by molar-refractivity contribution is 0.0617. The van der Waals surface area contributed by atoms with Gasteiger partial charge in [-0.05, 0) is 50.1 Å². The summed E-state index contributed by atoms with van der Waals surface area (Å²) in [4.78, 5) is 14.9. The number of para-hydroxylation sites is 1. The topological polar surface area (TPSA) is 41.6 Å². The predicted molar refractivity (Wildman–Crippen MR) is 110 cm³/mol. The maximum atomic E-state index is 13.0. The van der Waals surface area contributed by atoms with Gasteiger partial charge in [0.2, 0.25) is 0 Å². The summed E-state index contributed by atoms with van der Waals surface area (Å²) in [6, 6.07) is 15.9. The van der Waals surface area contributed by atoms with Crippen LogP contribution in [0.5, 0.6) is 5.75 Å². The fourth-order valence-corrected chi connectivity index (χ4v) is 3.51. The van der Waals surface area contributed by atoms with Gasteiger partial charge < -0.3 is 15.0 Å². The van der Waals surface area contributed by atoms with Crippen LogP contribution in [0, 0.1) is 0 Å². The van der Waals surface area contributed by atoms with E-state index in [9.17, 15) is 4.79 Å². The van der Waals surface area contributed by atoms with Crippen LogP contribution < -0.4 is 10.1 Å². The zero-order valence-electron chi connectivity index (χ0n) is 16.6. The van der Waals surface area contributed by atoms with Crippen molar-refractivity contribution in [1.82, 2.24) is 4.90 Å². The number of carbonyl (C=O) groups excluding carboxylic acids is 1. The van der Waals surface area contributed by atoms with E-state index in [0.29, 0.717) is 0 Å². The summed E-state index contributed by atoms with van der Waals surface area (Å²) in [7, 11) is 0. The summed E-state index contributed by atoms with van der Waals surface area (Å²) in [5.74, 6) is 0.953. The van der Waals surface area contributed by atoms with E-state index in [1.54, 1.807) is 0 Å². The molecule has 0 spiro atoms. The van der Waals surface area contributed by atoms with Crippen molar-refractivity contribution in [3.8, 4) is 5.75 Å². The molecule has 0 bridgehead atoms. The van der Waals surface area contributed by atoms with E-state index >= 15 is 0 Å². The van der Waals surface area contributed by atoms with Crippen molar-refractivity contribution >= 4 is 11.6 Å². The Kier molecular flexibility index (Phi) is 6.38. The summed E-state index contributed by atoms with van der Waals surface area (Å²) in [5.41, 5.74) is 2.68. The number of fused-ring (bicyclic) bond motifs is 1. The molecule has 0 aliphatic carbocycles. The van der Waals surface area contributed by atoms with Gasteiger partial charge in [0.1, 0.15) is 11.9 Å². The van der Waals surface area contributed by atoms with Crippen LogP contribution in [0.3, 0.4) is 0 Å². The molecule has 0 radical (unpaired) electrons. The fraction of sp³-hybridized carbons (Fsp3) is 0.435. The first-order valence-electron chi connectivity index (χ1n) is 10.0. The standard InChI is InChI=1S/C23H30N2O2/c1-4-5-6-9-16-27-19-14-12-18(13-15-19)22-24-21-11-8-7-10-20(21)23(26)25(22)17(2)3/h7-8,10-15,17,22,24H,4-6,9,16H2,1-3H3. The fourth-order valence-electron chi connectivity index (χ4n) is 3.51. The van der Waals surface area contributed by atoms with Gasteiger partial charge in [-0.25, -0.2) is 0 Å². The molecule has 27 heavy (non-hydrogen) atoms. The molecule has 3 rings (SSSR count). The minimum absolute atomic E-state index is 0.0700. The molecule has 1 aliphatic rings. The molecule has 0 saturated heterocycles. The number of ether oxygens (including phenoxy) is 1. The molecule has 0 saturated carbocycles. The van der Waals surface area contributed by atoms with Crippen molar-refractivity contribution in [2.75, 3.05) is 11.9 Å². The molecule has 144 valence electrons. The van der Waals surface area contributed by atoms with Crippen molar-refractivity contribution in [3.05, 3.63) is 59.7 Å². The quantitative estimate of drug-likeness (QED) is 0.616. The number of nitrogens with zero attached hydrogens (tertiary/aromatic N) is 1. The average Bonchev–Trinajstić information content (AvgIpc) is 2.68. The van der Waals surface area contributed by atoms with Crippen molar-refractivity contribution in [3.63, 3.8) is 0 Å². The molecule has 0 aromatic heterocycles. The minimum atomic E-state index is -0.175. The highest BCUT2D eigenvalue weighted by atomic mass is 16.5. The number of anilines is 1. The first kappa shape index (κ1) is 19.3. The molecule has 1 aliphatic heterocycles. The van der Waals surface area contributed by atoms with E-state index in [1.807, 2.05) is 55.1 Å². The molecule has 1 heterocycles. The lowest BCUT2D eigenvalue weighted by atomic mass is 10.0. The molecule has 1 atom stereocenters. The number of amides is 1. The highest BCUT2D eigenvalue weighted by molar-refractivity contribution is 6.01. The lowest BCUT2D eigenvalue weighted by Crippen LogP contribution is -2.46. The van der Waals surface area contributed by atoms with Crippen molar-refractivity contribution in [1.29, 1.82) is 0 Å². The predicted octanol–water partition coefficient (Wildman–Crippen LogP) is 5.62. The van der Waals surface area contributed by atoms with Crippen LogP contribution in [-0.4, -0.2) is 23.5 Å². The highest BCUT2D eigenvalue weighted by Gasteiger charge is 2.34. The van der Waals surface area contributed by atoms with Gasteiger partial charge in [-0.15, -0.1) is 0 Å². The molecule has 1 amide bonds. The number of unbranched alkanes of at least 4 members (excludes halogenated alkanes) is 3. The molecular weight excluding hydrogens is 336 g/mol. The largest absolute Gasteiger partial charge is 0.494 e. The van der Waals surface area contributed by atoms with Crippen LogP contribution in [0.25, 0.3) is 0 Å². The Hall–Kier alpha value is -2.49. The Balaban J connectivity index is 1.73. The van der Waals surface area contributed by atoms with E-state index in [4.69, 9.17) is 4.74 Å². The summed E-state index contributed by atoms with van der Waals surface area (Å²) in [6.45, 7) is 7.07. The Morgan fingerprint density at radius 1 is 1.04 bits per heavy atom. The third-order valence-electron chi connectivity index (χ3n) is 4.98. The van der Waals surface area contributed by atoms with Crippen molar-refractivity contribution in [2.24, 2.45) is 0 Å². The van der Waals surface area contributed by atoms with E-state index in [1.165, 1.54) is 19.3 Å². The lowest BCUT2D eigenvalue weighted by Gasteiger charge is -2.40. The third kappa shape index (κ3) is 4.44. The summed E-state index contributed by atoms with van der Waals surface area (Å²) >= 11 is 0. The van der Waals surface area contributed by atoms with Gasteiger partial charge in [-0.1, -0.05) is 50.5 Å². The molecule has 4 nitrogen and oxygen atoms in total. The van der Waals surface area contributed by atoms with Gasteiger partial charge in [-0.2, -0.15) is 0 Å². The Bertz CT molecular complexity index is 755. The van der Waals surface area contributed by atoms with E-state index in [2.05, 4.69) is 24.4 Å². The number of carbonyl (C=O) groups is 1. The number of nitrogens with one attached hydrogen (secondary N) is 1. The van der Waals surface area contributed by atoms with Crippen LogP contribution in [0.15, 0.2) is 48.5 Å². The smallest absolute Gasteiger partial charge is 0.258 e. The van der Waals surface area contributed by atoms with Gasteiger partial charge in [0.05, 0.1) is 12.2 Å². The third-order valence-corrected chi connectivity index (χ3v) is 4.98. The van der Waals surface area contributed by atoms with Gasteiger partial charge in [0.25, 0.3) is 5.91 Å². The van der Waals surface area contributed by atoms with E-state index in [0.717, 1.165) is 35.6 Å². The summed E-state index contributed by atoms with van der Waals surface area (Å²) in [5, 5.41) is 3.53. The first-order valence-corrected chi connectivity index (χ1v) is 10.0. The van der Waals surface area contributed by atoms with Gasteiger partial charge >= 0.3 is 0 Å². The average molecular weight is 367 g/mol. The van der Waals surface area contributed by atoms with Crippen LogP contribution in [0.2, 0.25) is 0 Å². The SMILES string of the molecule is CCCCCCOc1ccc(C2Nc3ccccc3C(=O)N2C(C)C)cc1. The van der Waals surface area contributed by atoms with Crippen LogP contribution in [0.1, 0.15) is 68.5 Å². The number of benzene rings is 2. The molecular formula is C23H30N2O2. The Morgan fingerprint density at radius 2 is 1.78 bits per heavy atom.